The highest BCUT2D eigenvalue weighted by Crippen LogP contribution is 2.29. The number of anilines is 1. The van der Waals surface area contributed by atoms with Crippen molar-refractivity contribution < 1.29 is 4.79 Å². The number of aromatic nitrogens is 1. The maximum absolute atomic E-state index is 12.9. The average Bonchev–Trinajstić information content (AvgIpc) is 3.08. The number of thiazole rings is 1. The summed E-state index contributed by atoms with van der Waals surface area (Å²) >= 11 is 1.54. The Labute approximate surface area is 155 Å². The summed E-state index contributed by atoms with van der Waals surface area (Å²) < 4.78 is 0. The minimum Gasteiger partial charge on any atom is -0.298 e. The van der Waals surface area contributed by atoms with Crippen molar-refractivity contribution in [3.05, 3.63) is 58.1 Å². The predicted molar refractivity (Wildman–Crippen MR) is 103 cm³/mol. The lowest BCUT2D eigenvalue weighted by atomic mass is 10.0. The Bertz CT molecular complexity index is 1030. The number of rotatable bonds is 3. The summed E-state index contributed by atoms with van der Waals surface area (Å²) in [7, 11) is 0. The highest BCUT2D eigenvalue weighted by molar-refractivity contribution is 7.15. The van der Waals surface area contributed by atoms with Crippen LogP contribution in [0.4, 0.5) is 5.13 Å². The van der Waals surface area contributed by atoms with Gasteiger partial charge in [-0.3, -0.25) is 15.0 Å². The lowest BCUT2D eigenvalue weighted by molar-refractivity contribution is 0.102. The zero-order chi connectivity index (χ0) is 18.1. The van der Waals surface area contributed by atoms with Crippen LogP contribution in [0, 0.1) is 11.3 Å². The van der Waals surface area contributed by atoms with Crippen molar-refractivity contribution in [2.24, 2.45) is 0 Å². The van der Waals surface area contributed by atoms with Crippen molar-refractivity contribution >= 4 is 33.1 Å². The first-order chi connectivity index (χ1) is 12.7. The highest BCUT2D eigenvalue weighted by Gasteiger charge is 2.21. The molecule has 0 atom stereocenters. The van der Waals surface area contributed by atoms with E-state index in [9.17, 15) is 10.1 Å². The lowest BCUT2D eigenvalue weighted by Crippen LogP contribution is -2.29. The van der Waals surface area contributed by atoms with Crippen LogP contribution in [0.5, 0.6) is 0 Å². The SMILES string of the molecule is CCN1CCc2nc(NC(=O)c3cc(C#N)cc4ccccc34)sc2C1. The van der Waals surface area contributed by atoms with E-state index in [-0.39, 0.29) is 5.91 Å². The minimum absolute atomic E-state index is 0.225. The molecule has 26 heavy (non-hydrogen) atoms. The number of nitrogens with zero attached hydrogens (tertiary/aromatic N) is 3. The van der Waals surface area contributed by atoms with Crippen LogP contribution in [0.15, 0.2) is 36.4 Å². The third kappa shape index (κ3) is 3.07. The van der Waals surface area contributed by atoms with Crippen LogP contribution in [0.3, 0.4) is 0 Å². The molecule has 0 aliphatic carbocycles. The topological polar surface area (TPSA) is 69.0 Å². The first-order valence-corrected chi connectivity index (χ1v) is 9.44. The molecule has 0 fully saturated rings. The first kappa shape index (κ1) is 16.7. The van der Waals surface area contributed by atoms with Gasteiger partial charge in [-0.25, -0.2) is 4.98 Å². The molecule has 1 amide bonds. The van der Waals surface area contributed by atoms with Gasteiger partial charge in [0.25, 0.3) is 5.91 Å². The summed E-state index contributed by atoms with van der Waals surface area (Å²) in [6, 6.07) is 13.2. The van der Waals surface area contributed by atoms with Crippen LogP contribution in [0.25, 0.3) is 10.8 Å². The molecule has 1 aliphatic heterocycles. The zero-order valence-electron chi connectivity index (χ0n) is 14.5. The van der Waals surface area contributed by atoms with Crippen LogP contribution in [-0.2, 0) is 13.0 Å². The Morgan fingerprint density at radius 3 is 3.04 bits per heavy atom. The van der Waals surface area contributed by atoms with Gasteiger partial charge in [-0.2, -0.15) is 5.26 Å². The first-order valence-electron chi connectivity index (χ1n) is 8.63. The van der Waals surface area contributed by atoms with Gasteiger partial charge in [0, 0.05) is 30.0 Å². The summed E-state index contributed by atoms with van der Waals surface area (Å²) in [6.45, 7) is 5.08. The Morgan fingerprint density at radius 2 is 2.23 bits per heavy atom. The third-order valence-electron chi connectivity index (χ3n) is 4.71. The molecular formula is C20H18N4OS. The van der Waals surface area contributed by atoms with Gasteiger partial charge in [-0.15, -0.1) is 11.3 Å². The molecule has 1 aromatic heterocycles. The minimum atomic E-state index is -0.225. The van der Waals surface area contributed by atoms with Crippen LogP contribution < -0.4 is 5.32 Å². The Hall–Kier alpha value is -2.75. The fraction of sp³-hybridized carbons (Fsp3) is 0.250. The van der Waals surface area contributed by atoms with Crippen LogP contribution >= 0.6 is 11.3 Å². The molecule has 0 spiro atoms. The van der Waals surface area contributed by atoms with Gasteiger partial charge < -0.3 is 0 Å². The lowest BCUT2D eigenvalue weighted by Gasteiger charge is -2.23. The van der Waals surface area contributed by atoms with E-state index < -0.39 is 0 Å². The molecular weight excluding hydrogens is 344 g/mol. The molecule has 5 nitrogen and oxygen atoms in total. The van der Waals surface area contributed by atoms with Crippen LogP contribution in [-0.4, -0.2) is 28.9 Å². The quantitative estimate of drug-likeness (QED) is 0.769. The van der Waals surface area contributed by atoms with Gasteiger partial charge in [-0.05, 0) is 29.4 Å². The third-order valence-corrected chi connectivity index (χ3v) is 5.71. The Balaban J connectivity index is 1.65. The number of hydrogen-bond acceptors (Lipinski definition) is 5. The van der Waals surface area contributed by atoms with E-state index in [2.05, 4.69) is 28.2 Å². The smallest absolute Gasteiger partial charge is 0.258 e. The van der Waals surface area contributed by atoms with E-state index >= 15 is 0 Å². The summed E-state index contributed by atoms with van der Waals surface area (Å²) in [5, 5.41) is 14.5. The standard InChI is InChI=1S/C20H18N4OS/c1-2-24-8-7-17-18(12-24)26-20(22-17)23-19(25)16-10-13(11-21)9-14-5-3-4-6-15(14)16/h3-6,9-10H,2,7-8,12H2,1H3,(H,22,23,25). The number of amides is 1. The number of nitriles is 1. The number of benzene rings is 2. The molecule has 4 rings (SSSR count). The van der Waals surface area contributed by atoms with E-state index in [0.29, 0.717) is 16.3 Å². The molecule has 0 unspecified atom stereocenters. The molecule has 0 saturated carbocycles. The second-order valence-corrected chi connectivity index (χ2v) is 7.40. The van der Waals surface area contributed by atoms with Crippen molar-refractivity contribution in [2.75, 3.05) is 18.4 Å². The Morgan fingerprint density at radius 1 is 1.38 bits per heavy atom. The van der Waals surface area contributed by atoms with Crippen molar-refractivity contribution in [1.29, 1.82) is 5.26 Å². The normalized spacial score (nSPS) is 14.0. The molecule has 0 bridgehead atoms. The van der Waals surface area contributed by atoms with Crippen LogP contribution in [0.2, 0.25) is 0 Å². The van der Waals surface area contributed by atoms with Crippen molar-refractivity contribution in [3.8, 4) is 6.07 Å². The summed E-state index contributed by atoms with van der Waals surface area (Å²) in [6.07, 6.45) is 0.919. The molecule has 0 saturated heterocycles. The second kappa shape index (κ2) is 6.87. The molecule has 130 valence electrons. The molecule has 1 aliphatic rings. The molecule has 2 heterocycles. The van der Waals surface area contributed by atoms with E-state index in [1.165, 1.54) is 4.88 Å². The molecule has 2 aromatic carbocycles. The zero-order valence-corrected chi connectivity index (χ0v) is 15.3. The fourth-order valence-corrected chi connectivity index (χ4v) is 4.34. The largest absolute Gasteiger partial charge is 0.298 e. The molecule has 6 heteroatoms. The monoisotopic (exact) mass is 362 g/mol. The van der Waals surface area contributed by atoms with Crippen LogP contribution in [0.1, 0.15) is 33.4 Å². The van der Waals surface area contributed by atoms with E-state index in [0.717, 1.165) is 42.5 Å². The Kier molecular flexibility index (Phi) is 4.41. The summed E-state index contributed by atoms with van der Waals surface area (Å²) in [4.78, 5) is 21.1. The van der Waals surface area contributed by atoms with Crippen molar-refractivity contribution in [1.82, 2.24) is 9.88 Å². The number of nitrogens with one attached hydrogen (secondary N) is 1. The highest BCUT2D eigenvalue weighted by atomic mass is 32.1. The van der Waals surface area contributed by atoms with E-state index in [1.807, 2.05) is 24.3 Å². The van der Waals surface area contributed by atoms with Gasteiger partial charge in [0.2, 0.25) is 0 Å². The molecule has 0 radical (unpaired) electrons. The van der Waals surface area contributed by atoms with Crippen molar-refractivity contribution in [3.63, 3.8) is 0 Å². The van der Waals surface area contributed by atoms with Gasteiger partial charge in [0.15, 0.2) is 5.13 Å². The number of likely N-dealkylation sites (N-methyl/N-ethyl adjacent to an activating group) is 1. The van der Waals surface area contributed by atoms with Crippen molar-refractivity contribution in [2.45, 2.75) is 19.9 Å². The predicted octanol–water partition coefficient (Wildman–Crippen LogP) is 3.80. The van der Waals surface area contributed by atoms with Gasteiger partial charge in [0.1, 0.15) is 0 Å². The maximum Gasteiger partial charge on any atom is 0.258 e. The number of hydrogen-bond donors (Lipinski definition) is 1. The maximum atomic E-state index is 12.9. The van der Waals surface area contributed by atoms with Gasteiger partial charge in [0.05, 0.1) is 17.3 Å². The van der Waals surface area contributed by atoms with Gasteiger partial charge in [-0.1, -0.05) is 31.2 Å². The molecule has 3 aromatic rings. The van der Waals surface area contributed by atoms with E-state index in [1.54, 1.807) is 23.5 Å². The van der Waals surface area contributed by atoms with Gasteiger partial charge >= 0.3 is 0 Å². The number of carbonyl (C=O) groups is 1. The molecule has 1 N–H and O–H groups in total. The van der Waals surface area contributed by atoms with E-state index in [4.69, 9.17) is 0 Å². The summed E-state index contributed by atoms with van der Waals surface area (Å²) in [5.41, 5.74) is 2.07. The second-order valence-electron chi connectivity index (χ2n) is 6.32. The number of fused-ring (bicyclic) bond motifs is 2. The average molecular weight is 362 g/mol. The number of carbonyl (C=O) groups excluding carboxylic acids is 1. The fourth-order valence-electron chi connectivity index (χ4n) is 3.30. The summed E-state index contributed by atoms with van der Waals surface area (Å²) in [5.74, 6) is -0.225.